The number of hydrogen-bond donors (Lipinski definition) is 0. The van der Waals surface area contributed by atoms with E-state index in [0.717, 1.165) is 0 Å². The van der Waals surface area contributed by atoms with E-state index in [4.69, 9.17) is 4.74 Å². The number of methoxy groups -OCH3 is 1. The summed E-state index contributed by atoms with van der Waals surface area (Å²) in [6.07, 6.45) is -1.44. The third-order valence-corrected chi connectivity index (χ3v) is 7.49. The number of hydrogen-bond acceptors (Lipinski definition) is 5. The largest absolute Gasteiger partial charge is 0.497 e. The Labute approximate surface area is 170 Å². The van der Waals surface area contributed by atoms with Gasteiger partial charge in [-0.2, -0.15) is 4.31 Å². The number of piperidine rings is 1. The Hall–Kier alpha value is -1.78. The van der Waals surface area contributed by atoms with Crippen LogP contribution < -0.4 is 4.74 Å². The van der Waals surface area contributed by atoms with Gasteiger partial charge < -0.3 is 9.64 Å². The predicted octanol–water partition coefficient (Wildman–Crippen LogP) is 1.51. The van der Waals surface area contributed by atoms with Gasteiger partial charge in [0.15, 0.2) is 0 Å². The van der Waals surface area contributed by atoms with E-state index in [1.807, 2.05) is 0 Å². The lowest BCUT2D eigenvalue weighted by Crippen LogP contribution is -2.52. The fourth-order valence-corrected chi connectivity index (χ4v) is 5.31. The number of ether oxygens (including phenoxy) is 1. The third kappa shape index (κ3) is 5.23. The molecule has 0 N–H and O–H groups in total. The van der Waals surface area contributed by atoms with Crippen LogP contribution in [0.4, 0.5) is 8.78 Å². The Balaban J connectivity index is 1.52. The van der Waals surface area contributed by atoms with Crippen molar-refractivity contribution in [3.63, 3.8) is 0 Å². The first-order chi connectivity index (χ1) is 13.8. The lowest BCUT2D eigenvalue weighted by Gasteiger charge is -2.38. The molecule has 2 aliphatic rings. The molecule has 2 aliphatic heterocycles. The summed E-state index contributed by atoms with van der Waals surface area (Å²) in [6.45, 7) is 2.09. The maximum Gasteiger partial charge on any atom is 0.251 e. The first-order valence-corrected chi connectivity index (χ1v) is 11.2. The Bertz CT molecular complexity index is 788. The van der Waals surface area contributed by atoms with Crippen LogP contribution in [0.15, 0.2) is 29.2 Å². The number of piperazine rings is 1. The molecule has 1 amide bonds. The molecule has 2 saturated heterocycles. The van der Waals surface area contributed by atoms with Crippen LogP contribution in [0.25, 0.3) is 0 Å². The van der Waals surface area contributed by atoms with Gasteiger partial charge in [0.2, 0.25) is 15.9 Å². The SMILES string of the molecule is COc1ccc(S(=O)(=O)N2CCC(C(=O)N3CCN(CC(F)F)CC3)CC2)cc1. The monoisotopic (exact) mass is 431 g/mol. The summed E-state index contributed by atoms with van der Waals surface area (Å²) in [5.41, 5.74) is 0. The predicted molar refractivity (Wildman–Crippen MR) is 104 cm³/mol. The summed E-state index contributed by atoms with van der Waals surface area (Å²) < 4.78 is 57.1. The fraction of sp³-hybridized carbons (Fsp3) is 0.632. The Morgan fingerprint density at radius 3 is 2.17 bits per heavy atom. The van der Waals surface area contributed by atoms with E-state index in [1.165, 1.54) is 23.5 Å². The van der Waals surface area contributed by atoms with Crippen LogP contribution >= 0.6 is 0 Å². The molecule has 1 aromatic rings. The number of amides is 1. The standard InChI is InChI=1S/C19H27F2N3O4S/c1-28-16-2-4-17(5-3-16)29(26,27)24-8-6-15(7-9-24)19(25)23-12-10-22(11-13-23)14-18(20)21/h2-5,15,18H,6-14H2,1H3. The number of sulfonamides is 1. The molecule has 0 radical (unpaired) electrons. The zero-order valence-corrected chi connectivity index (χ0v) is 17.3. The van der Waals surface area contributed by atoms with Gasteiger partial charge in [0.05, 0.1) is 18.6 Å². The third-order valence-electron chi connectivity index (χ3n) is 5.58. The van der Waals surface area contributed by atoms with E-state index in [9.17, 15) is 22.0 Å². The quantitative estimate of drug-likeness (QED) is 0.683. The van der Waals surface area contributed by atoms with E-state index < -0.39 is 16.4 Å². The van der Waals surface area contributed by atoms with Gasteiger partial charge in [-0.1, -0.05) is 0 Å². The minimum Gasteiger partial charge on any atom is -0.497 e. The minimum atomic E-state index is -3.60. The molecule has 0 unspecified atom stereocenters. The van der Waals surface area contributed by atoms with Crippen molar-refractivity contribution in [3.8, 4) is 5.75 Å². The molecule has 0 atom stereocenters. The molecule has 2 fully saturated rings. The summed E-state index contributed by atoms with van der Waals surface area (Å²) in [4.78, 5) is 16.4. The zero-order chi connectivity index (χ0) is 21.0. The number of rotatable bonds is 6. The number of benzene rings is 1. The Kier molecular flexibility index (Phi) is 7.07. The highest BCUT2D eigenvalue weighted by Gasteiger charge is 2.34. The van der Waals surface area contributed by atoms with Crippen LogP contribution in [0, 0.1) is 5.92 Å². The van der Waals surface area contributed by atoms with Crippen molar-refractivity contribution < 1.29 is 26.7 Å². The molecule has 0 spiro atoms. The van der Waals surface area contributed by atoms with Crippen molar-refractivity contribution >= 4 is 15.9 Å². The van der Waals surface area contributed by atoms with Gasteiger partial charge in [-0.3, -0.25) is 9.69 Å². The topological polar surface area (TPSA) is 70.2 Å². The lowest BCUT2D eigenvalue weighted by atomic mass is 9.96. The molecule has 7 nitrogen and oxygen atoms in total. The molecule has 10 heteroatoms. The van der Waals surface area contributed by atoms with Crippen molar-refractivity contribution in [2.75, 3.05) is 52.9 Å². The Morgan fingerprint density at radius 1 is 1.07 bits per heavy atom. The molecule has 0 aliphatic carbocycles. The van der Waals surface area contributed by atoms with Gasteiger partial charge in [-0.15, -0.1) is 0 Å². The van der Waals surface area contributed by atoms with E-state index >= 15 is 0 Å². The van der Waals surface area contributed by atoms with Crippen molar-refractivity contribution in [1.82, 2.24) is 14.1 Å². The highest BCUT2D eigenvalue weighted by Crippen LogP contribution is 2.26. The molecule has 2 heterocycles. The number of carbonyl (C=O) groups is 1. The van der Waals surface area contributed by atoms with Gasteiger partial charge in [0, 0.05) is 45.2 Å². The second-order valence-corrected chi connectivity index (χ2v) is 9.31. The molecule has 0 aromatic heterocycles. The summed E-state index contributed by atoms with van der Waals surface area (Å²) in [6, 6.07) is 6.25. The average Bonchev–Trinajstić information content (AvgIpc) is 2.73. The van der Waals surface area contributed by atoms with E-state index in [2.05, 4.69) is 0 Å². The number of carbonyl (C=O) groups excluding carboxylic acids is 1. The van der Waals surface area contributed by atoms with E-state index in [-0.39, 0.29) is 36.4 Å². The molecule has 0 saturated carbocycles. The van der Waals surface area contributed by atoms with Crippen molar-refractivity contribution in [1.29, 1.82) is 0 Å². The number of halogens is 2. The first-order valence-electron chi connectivity index (χ1n) is 9.74. The number of nitrogens with zero attached hydrogens (tertiary/aromatic N) is 3. The highest BCUT2D eigenvalue weighted by molar-refractivity contribution is 7.89. The zero-order valence-electron chi connectivity index (χ0n) is 16.5. The Morgan fingerprint density at radius 2 is 1.66 bits per heavy atom. The van der Waals surface area contributed by atoms with Crippen molar-refractivity contribution in [3.05, 3.63) is 24.3 Å². The summed E-state index contributed by atoms with van der Waals surface area (Å²) in [5.74, 6) is 0.365. The molecule has 3 rings (SSSR count). The molecule has 1 aromatic carbocycles. The van der Waals surface area contributed by atoms with Gasteiger partial charge >= 0.3 is 0 Å². The van der Waals surface area contributed by atoms with Crippen molar-refractivity contribution in [2.45, 2.75) is 24.2 Å². The normalized spacial score (nSPS) is 20.2. The molecule has 162 valence electrons. The molecule has 29 heavy (non-hydrogen) atoms. The van der Waals surface area contributed by atoms with Crippen LogP contribution in [-0.4, -0.2) is 87.8 Å². The summed E-state index contributed by atoms with van der Waals surface area (Å²) in [5, 5.41) is 0. The highest BCUT2D eigenvalue weighted by atomic mass is 32.2. The van der Waals surface area contributed by atoms with E-state index in [1.54, 1.807) is 21.9 Å². The maximum absolute atomic E-state index is 12.8. The fourth-order valence-electron chi connectivity index (χ4n) is 3.84. The second kappa shape index (κ2) is 9.36. The van der Waals surface area contributed by atoms with Gasteiger partial charge in [-0.25, -0.2) is 17.2 Å². The van der Waals surface area contributed by atoms with Crippen LogP contribution in [-0.2, 0) is 14.8 Å². The molecular formula is C19H27F2N3O4S. The lowest BCUT2D eigenvalue weighted by molar-refractivity contribution is -0.138. The smallest absolute Gasteiger partial charge is 0.251 e. The maximum atomic E-state index is 12.8. The van der Waals surface area contributed by atoms with Gasteiger partial charge in [-0.05, 0) is 37.1 Å². The van der Waals surface area contributed by atoms with Gasteiger partial charge in [0.1, 0.15) is 5.75 Å². The summed E-state index contributed by atoms with van der Waals surface area (Å²) in [7, 11) is -2.09. The summed E-state index contributed by atoms with van der Waals surface area (Å²) >= 11 is 0. The van der Waals surface area contributed by atoms with Crippen molar-refractivity contribution in [2.24, 2.45) is 5.92 Å². The second-order valence-electron chi connectivity index (χ2n) is 7.37. The van der Waals surface area contributed by atoms with Crippen LogP contribution in [0.1, 0.15) is 12.8 Å². The average molecular weight is 432 g/mol. The van der Waals surface area contributed by atoms with Crippen LogP contribution in [0.3, 0.4) is 0 Å². The first kappa shape index (κ1) is 21.9. The number of alkyl halides is 2. The van der Waals surface area contributed by atoms with Gasteiger partial charge in [0.25, 0.3) is 6.43 Å². The minimum absolute atomic E-state index is 0.00296. The molecule has 0 bridgehead atoms. The molecular weight excluding hydrogens is 404 g/mol. The van der Waals surface area contributed by atoms with E-state index in [0.29, 0.717) is 44.8 Å². The van der Waals surface area contributed by atoms with Crippen LogP contribution in [0.2, 0.25) is 0 Å². The van der Waals surface area contributed by atoms with Crippen LogP contribution in [0.5, 0.6) is 5.75 Å².